The van der Waals surface area contributed by atoms with Crippen molar-refractivity contribution in [1.29, 1.82) is 0 Å². The lowest BCUT2D eigenvalue weighted by molar-refractivity contribution is -0.0200. The number of nitrogens with zero attached hydrogens (tertiary/aromatic N) is 1. The largest absolute Gasteiger partial charge is 0.493 e. The van der Waals surface area contributed by atoms with Crippen molar-refractivity contribution in [2.45, 2.75) is 18.6 Å². The molecule has 160 valence electrons. The van der Waals surface area contributed by atoms with Crippen molar-refractivity contribution >= 4 is 11.9 Å². The lowest BCUT2D eigenvalue weighted by Crippen LogP contribution is -2.51. The number of benzene rings is 2. The highest BCUT2D eigenvalue weighted by Crippen LogP contribution is 2.32. The Labute approximate surface area is 174 Å². The molecule has 2 aromatic carbocycles. The summed E-state index contributed by atoms with van der Waals surface area (Å²) in [5, 5.41) is 10.6. The molecule has 0 radical (unpaired) electrons. The Balaban J connectivity index is 1.69. The van der Waals surface area contributed by atoms with Crippen LogP contribution < -0.4 is 14.2 Å². The molecular weight excluding hydrogens is 390 g/mol. The van der Waals surface area contributed by atoms with E-state index in [-0.39, 0.29) is 23.6 Å². The molecule has 2 aromatic rings. The number of esters is 1. The summed E-state index contributed by atoms with van der Waals surface area (Å²) < 4.78 is 21.2. The quantitative estimate of drug-likeness (QED) is 0.723. The number of amides is 1. The Morgan fingerprint density at radius 1 is 1.00 bits per heavy atom. The molecule has 0 saturated carbocycles. The molecule has 8 heteroatoms. The van der Waals surface area contributed by atoms with Gasteiger partial charge in [-0.3, -0.25) is 4.79 Å². The molecule has 1 heterocycles. The zero-order chi connectivity index (χ0) is 21.7. The lowest BCUT2D eigenvalue weighted by Gasteiger charge is -2.36. The summed E-state index contributed by atoms with van der Waals surface area (Å²) in [6.07, 6.45) is -0.939. The van der Waals surface area contributed by atoms with Crippen molar-refractivity contribution in [3.63, 3.8) is 0 Å². The van der Waals surface area contributed by atoms with E-state index in [1.165, 1.54) is 19.1 Å². The van der Waals surface area contributed by atoms with Crippen LogP contribution in [0.25, 0.3) is 0 Å². The second kappa shape index (κ2) is 9.49. The molecule has 3 rings (SSSR count). The van der Waals surface area contributed by atoms with Crippen LogP contribution in [-0.2, 0) is 4.74 Å². The predicted molar refractivity (Wildman–Crippen MR) is 108 cm³/mol. The molecule has 8 nitrogen and oxygen atoms in total. The van der Waals surface area contributed by atoms with Crippen LogP contribution in [0.2, 0.25) is 0 Å². The molecule has 1 N–H and O–H groups in total. The number of carbonyl (C=O) groups is 2. The minimum Gasteiger partial charge on any atom is -0.493 e. The van der Waals surface area contributed by atoms with Gasteiger partial charge < -0.3 is 29.0 Å². The average molecular weight is 415 g/mol. The fourth-order valence-corrected chi connectivity index (χ4v) is 3.42. The monoisotopic (exact) mass is 415 g/mol. The summed E-state index contributed by atoms with van der Waals surface area (Å²) >= 11 is 0. The van der Waals surface area contributed by atoms with E-state index in [0.29, 0.717) is 30.2 Å². The first-order chi connectivity index (χ1) is 14.5. The zero-order valence-corrected chi connectivity index (χ0v) is 17.2. The number of hydrogen-bond acceptors (Lipinski definition) is 7. The number of rotatable bonds is 6. The van der Waals surface area contributed by atoms with Crippen LogP contribution in [0.15, 0.2) is 42.5 Å². The van der Waals surface area contributed by atoms with E-state index in [1.807, 2.05) is 0 Å². The maximum Gasteiger partial charge on any atom is 0.338 e. The first kappa shape index (κ1) is 21.4. The highest BCUT2D eigenvalue weighted by Gasteiger charge is 2.33. The van der Waals surface area contributed by atoms with Crippen molar-refractivity contribution < 1.29 is 33.6 Å². The van der Waals surface area contributed by atoms with Gasteiger partial charge in [0.15, 0.2) is 11.5 Å². The van der Waals surface area contributed by atoms with Gasteiger partial charge in [-0.15, -0.1) is 0 Å². The maximum atomic E-state index is 12.9. The van der Waals surface area contributed by atoms with Crippen LogP contribution in [-0.4, -0.2) is 68.5 Å². The molecule has 30 heavy (non-hydrogen) atoms. The Morgan fingerprint density at radius 3 is 2.33 bits per heavy atom. The predicted octanol–water partition coefficient (Wildman–Crippen LogP) is 2.14. The molecule has 1 amide bonds. The third kappa shape index (κ3) is 4.49. The topological polar surface area (TPSA) is 94.5 Å². The van der Waals surface area contributed by atoms with Crippen molar-refractivity contribution in [2.24, 2.45) is 0 Å². The normalized spacial score (nSPS) is 18.5. The Hall–Kier alpha value is -3.26. The van der Waals surface area contributed by atoms with Crippen molar-refractivity contribution in [2.75, 3.05) is 34.4 Å². The number of aliphatic hydroxyl groups is 1. The smallest absolute Gasteiger partial charge is 0.338 e. The van der Waals surface area contributed by atoms with Gasteiger partial charge in [0.25, 0.3) is 5.91 Å². The molecule has 1 aliphatic rings. The van der Waals surface area contributed by atoms with E-state index in [4.69, 9.17) is 18.9 Å². The number of aliphatic hydroxyl groups excluding tert-OH is 1. The second-order valence-corrected chi connectivity index (χ2v) is 6.82. The van der Waals surface area contributed by atoms with Gasteiger partial charge in [-0.1, -0.05) is 12.1 Å². The van der Waals surface area contributed by atoms with Gasteiger partial charge in [-0.05, 0) is 24.3 Å². The fourth-order valence-electron chi connectivity index (χ4n) is 3.42. The Kier molecular flexibility index (Phi) is 6.79. The third-order valence-corrected chi connectivity index (χ3v) is 5.01. The highest BCUT2D eigenvalue weighted by atomic mass is 16.5. The maximum absolute atomic E-state index is 12.9. The fraction of sp³-hybridized carbons (Fsp3) is 0.364. The summed E-state index contributed by atoms with van der Waals surface area (Å²) in [6.45, 7) is 0.468. The number of ether oxygens (including phenoxy) is 4. The Bertz CT molecular complexity index is 914. The van der Waals surface area contributed by atoms with Gasteiger partial charge in [-0.25, -0.2) is 4.79 Å². The molecule has 0 aliphatic carbocycles. The molecule has 2 atom stereocenters. The number of carbonyl (C=O) groups excluding carboxylic acids is 2. The molecule has 0 bridgehead atoms. The van der Waals surface area contributed by atoms with Gasteiger partial charge in [0, 0.05) is 19.0 Å². The van der Waals surface area contributed by atoms with Gasteiger partial charge in [0.05, 0.1) is 39.0 Å². The first-order valence-corrected chi connectivity index (χ1v) is 9.51. The van der Waals surface area contributed by atoms with E-state index in [1.54, 1.807) is 49.6 Å². The minimum absolute atomic E-state index is 0.0896. The minimum atomic E-state index is -0.888. The van der Waals surface area contributed by atoms with Gasteiger partial charge in [0.1, 0.15) is 18.0 Å². The standard InChI is InChI=1S/C22H25NO7/c1-27-19-9-8-14(12-20(19)28-2)30-18-10-11-23(13-17(18)24)21(25)15-6-4-5-7-16(15)22(26)29-3/h4-9,12,17-18,24H,10-11,13H2,1-3H3/t17-,18-/m1/s1. The SMILES string of the molecule is COC(=O)c1ccccc1C(=O)N1CC[C@@H](Oc2ccc(OC)c(OC)c2)[C@H](O)C1. The lowest BCUT2D eigenvalue weighted by atomic mass is 10.0. The van der Waals surface area contributed by atoms with Crippen molar-refractivity contribution in [3.05, 3.63) is 53.6 Å². The van der Waals surface area contributed by atoms with Gasteiger partial charge in [-0.2, -0.15) is 0 Å². The third-order valence-electron chi connectivity index (χ3n) is 5.01. The highest BCUT2D eigenvalue weighted by molar-refractivity contribution is 6.05. The van der Waals surface area contributed by atoms with Crippen molar-refractivity contribution in [1.82, 2.24) is 4.90 Å². The van der Waals surface area contributed by atoms with E-state index in [2.05, 4.69) is 0 Å². The molecule has 1 saturated heterocycles. The van der Waals surface area contributed by atoms with E-state index >= 15 is 0 Å². The van der Waals surface area contributed by atoms with E-state index in [0.717, 1.165) is 0 Å². The molecule has 0 aromatic heterocycles. The van der Waals surface area contributed by atoms with Crippen molar-refractivity contribution in [3.8, 4) is 17.2 Å². The average Bonchev–Trinajstić information content (AvgIpc) is 2.79. The van der Waals surface area contributed by atoms with Gasteiger partial charge in [0.2, 0.25) is 0 Å². The summed E-state index contributed by atoms with van der Waals surface area (Å²) in [7, 11) is 4.35. The molecule has 1 fully saturated rings. The summed E-state index contributed by atoms with van der Waals surface area (Å²) in [6, 6.07) is 11.6. The van der Waals surface area contributed by atoms with Crippen LogP contribution >= 0.6 is 0 Å². The molecule has 0 unspecified atom stereocenters. The number of methoxy groups -OCH3 is 3. The Morgan fingerprint density at radius 2 is 1.70 bits per heavy atom. The van der Waals surface area contributed by atoms with E-state index in [9.17, 15) is 14.7 Å². The molecule has 0 spiro atoms. The van der Waals surface area contributed by atoms with Crippen LogP contribution in [0, 0.1) is 0 Å². The van der Waals surface area contributed by atoms with Crippen LogP contribution in [0.1, 0.15) is 27.1 Å². The van der Waals surface area contributed by atoms with Gasteiger partial charge >= 0.3 is 5.97 Å². The second-order valence-electron chi connectivity index (χ2n) is 6.82. The molecule has 1 aliphatic heterocycles. The van der Waals surface area contributed by atoms with Crippen LogP contribution in [0.3, 0.4) is 0 Å². The zero-order valence-electron chi connectivity index (χ0n) is 17.2. The van der Waals surface area contributed by atoms with Crippen LogP contribution in [0.5, 0.6) is 17.2 Å². The van der Waals surface area contributed by atoms with E-state index < -0.39 is 18.2 Å². The van der Waals surface area contributed by atoms with Crippen LogP contribution in [0.4, 0.5) is 0 Å². The first-order valence-electron chi connectivity index (χ1n) is 9.51. The number of β-amino-alcohol motifs (C(OH)–C–C–N with tert-alkyl or cyclic N) is 1. The summed E-state index contributed by atoms with van der Waals surface area (Å²) in [5.41, 5.74) is 0.444. The number of hydrogen-bond donors (Lipinski definition) is 1. The summed E-state index contributed by atoms with van der Waals surface area (Å²) in [4.78, 5) is 26.4. The number of likely N-dealkylation sites (tertiary alicyclic amines) is 1. The molecular formula is C22H25NO7. The number of piperidine rings is 1. The summed E-state index contributed by atoms with van der Waals surface area (Å²) in [5.74, 6) is 0.727.